The van der Waals surface area contributed by atoms with E-state index in [-0.39, 0.29) is 23.8 Å². The Bertz CT molecular complexity index is 686. The van der Waals surface area contributed by atoms with Gasteiger partial charge in [-0.25, -0.2) is 0 Å². The first-order chi connectivity index (χ1) is 10.7. The third-order valence-electron chi connectivity index (χ3n) is 2.91. The summed E-state index contributed by atoms with van der Waals surface area (Å²) in [7, 11) is 1.38. The van der Waals surface area contributed by atoms with E-state index in [1.165, 1.54) is 19.2 Å². The SMILES string of the molecule is COc1cc(C=NO)cc([N+](=O)[O-])c1OCc1ccccc1. The summed E-state index contributed by atoms with van der Waals surface area (Å²) in [6, 6.07) is 12.0. The molecule has 0 aliphatic carbocycles. The number of oxime groups is 1. The highest BCUT2D eigenvalue weighted by Crippen LogP contribution is 2.38. The maximum atomic E-state index is 11.2. The molecule has 2 aromatic rings. The molecular formula is C15H14N2O5. The summed E-state index contributed by atoms with van der Waals surface area (Å²) >= 11 is 0. The van der Waals surface area contributed by atoms with Gasteiger partial charge in [-0.05, 0) is 11.6 Å². The highest BCUT2D eigenvalue weighted by molar-refractivity contribution is 5.82. The van der Waals surface area contributed by atoms with Crippen molar-refractivity contribution in [2.24, 2.45) is 5.16 Å². The van der Waals surface area contributed by atoms with E-state index in [1.807, 2.05) is 30.3 Å². The van der Waals surface area contributed by atoms with Gasteiger partial charge in [0.05, 0.1) is 18.2 Å². The topological polar surface area (TPSA) is 94.2 Å². The van der Waals surface area contributed by atoms with E-state index in [2.05, 4.69) is 5.16 Å². The van der Waals surface area contributed by atoms with Crippen molar-refractivity contribution in [3.8, 4) is 11.5 Å². The van der Waals surface area contributed by atoms with E-state index in [0.29, 0.717) is 5.56 Å². The Morgan fingerprint density at radius 2 is 2.05 bits per heavy atom. The van der Waals surface area contributed by atoms with E-state index < -0.39 is 4.92 Å². The predicted octanol–water partition coefficient (Wildman–Crippen LogP) is 2.99. The molecular weight excluding hydrogens is 288 g/mol. The van der Waals surface area contributed by atoms with E-state index in [4.69, 9.17) is 14.7 Å². The third kappa shape index (κ3) is 3.51. The Kier molecular flexibility index (Phi) is 4.92. The molecule has 0 aliphatic rings. The average molecular weight is 302 g/mol. The lowest BCUT2D eigenvalue weighted by molar-refractivity contribution is -0.386. The molecule has 22 heavy (non-hydrogen) atoms. The van der Waals surface area contributed by atoms with Crippen LogP contribution in [0, 0.1) is 10.1 Å². The second kappa shape index (κ2) is 7.07. The lowest BCUT2D eigenvalue weighted by atomic mass is 10.1. The first kappa shape index (κ1) is 15.3. The molecule has 7 heteroatoms. The number of rotatable bonds is 6. The van der Waals surface area contributed by atoms with E-state index >= 15 is 0 Å². The molecule has 2 rings (SSSR count). The Balaban J connectivity index is 2.37. The molecule has 2 aromatic carbocycles. The van der Waals surface area contributed by atoms with Crippen LogP contribution >= 0.6 is 0 Å². The van der Waals surface area contributed by atoms with Crippen molar-refractivity contribution in [2.45, 2.75) is 6.61 Å². The molecule has 0 aromatic heterocycles. The first-order valence-electron chi connectivity index (χ1n) is 6.36. The van der Waals surface area contributed by atoms with Crippen LogP contribution in [0.15, 0.2) is 47.6 Å². The molecule has 0 spiro atoms. The van der Waals surface area contributed by atoms with Gasteiger partial charge in [-0.1, -0.05) is 35.5 Å². The van der Waals surface area contributed by atoms with Gasteiger partial charge >= 0.3 is 5.69 Å². The number of hydrogen-bond donors (Lipinski definition) is 1. The van der Waals surface area contributed by atoms with Gasteiger partial charge in [-0.15, -0.1) is 0 Å². The molecule has 0 saturated carbocycles. The number of hydrogen-bond acceptors (Lipinski definition) is 6. The fraction of sp³-hybridized carbons (Fsp3) is 0.133. The summed E-state index contributed by atoms with van der Waals surface area (Å²) in [6.07, 6.45) is 1.08. The minimum atomic E-state index is -0.572. The van der Waals surface area contributed by atoms with Gasteiger partial charge in [0.25, 0.3) is 0 Å². The molecule has 0 unspecified atom stereocenters. The van der Waals surface area contributed by atoms with Crippen molar-refractivity contribution >= 4 is 11.9 Å². The van der Waals surface area contributed by atoms with Crippen LogP contribution < -0.4 is 9.47 Å². The molecule has 0 aliphatic heterocycles. The monoisotopic (exact) mass is 302 g/mol. The van der Waals surface area contributed by atoms with Crippen LogP contribution in [0.1, 0.15) is 11.1 Å². The summed E-state index contributed by atoms with van der Waals surface area (Å²) in [5, 5.41) is 22.6. The van der Waals surface area contributed by atoms with Crippen LogP contribution in [0.4, 0.5) is 5.69 Å². The van der Waals surface area contributed by atoms with Crippen LogP contribution in [0.2, 0.25) is 0 Å². The predicted molar refractivity (Wildman–Crippen MR) is 79.8 cm³/mol. The lowest BCUT2D eigenvalue weighted by Crippen LogP contribution is -2.02. The van der Waals surface area contributed by atoms with Crippen molar-refractivity contribution in [2.75, 3.05) is 7.11 Å². The van der Waals surface area contributed by atoms with Gasteiger partial charge in [0, 0.05) is 11.6 Å². The largest absolute Gasteiger partial charge is 0.493 e. The molecule has 0 bridgehead atoms. The number of benzene rings is 2. The molecule has 7 nitrogen and oxygen atoms in total. The lowest BCUT2D eigenvalue weighted by Gasteiger charge is -2.11. The summed E-state index contributed by atoms with van der Waals surface area (Å²) in [5.41, 5.74) is 0.947. The van der Waals surface area contributed by atoms with Crippen molar-refractivity contribution in [1.29, 1.82) is 0 Å². The van der Waals surface area contributed by atoms with Gasteiger partial charge in [0.1, 0.15) is 6.61 Å². The fourth-order valence-corrected chi connectivity index (χ4v) is 1.91. The summed E-state index contributed by atoms with van der Waals surface area (Å²) in [6.45, 7) is 0.172. The van der Waals surface area contributed by atoms with Crippen molar-refractivity contribution in [1.82, 2.24) is 0 Å². The molecule has 0 radical (unpaired) electrons. The first-order valence-corrected chi connectivity index (χ1v) is 6.36. The van der Waals surface area contributed by atoms with E-state index in [1.54, 1.807) is 0 Å². The second-order valence-electron chi connectivity index (χ2n) is 4.35. The number of nitro benzene ring substituents is 1. The Hall–Kier alpha value is -3.09. The Labute approximate surface area is 126 Å². The van der Waals surface area contributed by atoms with Crippen molar-refractivity contribution in [3.05, 3.63) is 63.7 Å². The number of methoxy groups -OCH3 is 1. The van der Waals surface area contributed by atoms with Gasteiger partial charge in [-0.2, -0.15) is 0 Å². The number of nitrogens with zero attached hydrogens (tertiary/aromatic N) is 2. The summed E-state index contributed by atoms with van der Waals surface area (Å²) in [4.78, 5) is 10.6. The van der Waals surface area contributed by atoms with Crippen LogP contribution in [0.5, 0.6) is 11.5 Å². The van der Waals surface area contributed by atoms with Crippen LogP contribution in [0.25, 0.3) is 0 Å². The third-order valence-corrected chi connectivity index (χ3v) is 2.91. The van der Waals surface area contributed by atoms with Crippen LogP contribution in [0.3, 0.4) is 0 Å². The van der Waals surface area contributed by atoms with Crippen molar-refractivity contribution < 1.29 is 19.6 Å². The smallest absolute Gasteiger partial charge is 0.315 e. The molecule has 1 N–H and O–H groups in total. The standard InChI is InChI=1S/C15H14N2O5/c1-21-14-8-12(9-16-18)7-13(17(19)20)15(14)22-10-11-5-3-2-4-6-11/h2-9,18H,10H2,1H3. The summed E-state index contributed by atoms with van der Waals surface area (Å²) in [5.74, 6) is 0.228. The Morgan fingerprint density at radius 1 is 1.32 bits per heavy atom. The van der Waals surface area contributed by atoms with Gasteiger partial charge in [-0.3, -0.25) is 10.1 Å². The minimum Gasteiger partial charge on any atom is -0.493 e. The van der Waals surface area contributed by atoms with Crippen LogP contribution in [-0.2, 0) is 6.61 Å². The Morgan fingerprint density at radius 3 is 2.64 bits per heavy atom. The van der Waals surface area contributed by atoms with E-state index in [0.717, 1.165) is 11.8 Å². The zero-order chi connectivity index (χ0) is 15.9. The number of ether oxygens (including phenoxy) is 2. The zero-order valence-corrected chi connectivity index (χ0v) is 11.8. The van der Waals surface area contributed by atoms with Crippen LogP contribution in [-0.4, -0.2) is 23.5 Å². The quantitative estimate of drug-likeness (QED) is 0.383. The number of nitro groups is 1. The second-order valence-corrected chi connectivity index (χ2v) is 4.35. The van der Waals surface area contributed by atoms with E-state index in [9.17, 15) is 10.1 Å². The highest BCUT2D eigenvalue weighted by atomic mass is 16.6. The highest BCUT2D eigenvalue weighted by Gasteiger charge is 2.22. The minimum absolute atomic E-state index is 0.0337. The fourth-order valence-electron chi connectivity index (χ4n) is 1.91. The van der Waals surface area contributed by atoms with Gasteiger partial charge in [0.2, 0.25) is 5.75 Å². The van der Waals surface area contributed by atoms with Gasteiger partial charge in [0.15, 0.2) is 5.75 Å². The zero-order valence-electron chi connectivity index (χ0n) is 11.8. The molecule has 0 amide bonds. The van der Waals surface area contributed by atoms with Crippen molar-refractivity contribution in [3.63, 3.8) is 0 Å². The molecule has 0 fully saturated rings. The molecule has 114 valence electrons. The molecule has 0 atom stereocenters. The maximum absolute atomic E-state index is 11.2. The molecule has 0 saturated heterocycles. The maximum Gasteiger partial charge on any atom is 0.315 e. The molecule has 0 heterocycles. The van der Waals surface area contributed by atoms with Gasteiger partial charge < -0.3 is 14.7 Å². The average Bonchev–Trinajstić information content (AvgIpc) is 2.54. The summed E-state index contributed by atoms with van der Waals surface area (Å²) < 4.78 is 10.7. The normalized spacial score (nSPS) is 10.6.